The molecule has 0 saturated carbocycles. The normalized spacial score (nSPS) is 11.7. The molecule has 0 aliphatic heterocycles. The fourth-order valence-electron chi connectivity index (χ4n) is 2.68. The van der Waals surface area contributed by atoms with Crippen LogP contribution in [0, 0.1) is 12.3 Å². The number of hydrogen-bond donors (Lipinski definition) is 3. The summed E-state index contributed by atoms with van der Waals surface area (Å²) in [5.41, 5.74) is 5.82. The van der Waals surface area contributed by atoms with Crippen molar-refractivity contribution in [2.75, 3.05) is 11.9 Å². The zero-order valence-corrected chi connectivity index (χ0v) is 14.5. The molecule has 0 spiro atoms. The number of imidazole rings is 1. The van der Waals surface area contributed by atoms with Crippen LogP contribution in [0.3, 0.4) is 0 Å². The highest BCUT2D eigenvalue weighted by atomic mass is 16.5. The van der Waals surface area contributed by atoms with E-state index < -0.39 is 5.91 Å². The second-order valence-electron chi connectivity index (χ2n) is 7.05. The van der Waals surface area contributed by atoms with Crippen molar-refractivity contribution in [1.82, 2.24) is 14.9 Å². The van der Waals surface area contributed by atoms with Crippen molar-refractivity contribution in [2.45, 2.75) is 47.5 Å². The van der Waals surface area contributed by atoms with E-state index in [1.807, 2.05) is 6.92 Å². The molecule has 126 valence electrons. The molecule has 0 bridgehead atoms. The molecule has 0 unspecified atom stereocenters. The fourth-order valence-corrected chi connectivity index (χ4v) is 2.68. The van der Waals surface area contributed by atoms with Gasteiger partial charge in [0.1, 0.15) is 11.5 Å². The third-order valence-corrected chi connectivity index (χ3v) is 3.74. The van der Waals surface area contributed by atoms with Crippen LogP contribution >= 0.6 is 0 Å². The summed E-state index contributed by atoms with van der Waals surface area (Å²) in [7, 11) is 0. The molecule has 0 aromatic carbocycles. The molecule has 0 fully saturated rings. The molecule has 1 amide bonds. The lowest BCUT2D eigenvalue weighted by Crippen LogP contribution is -2.27. The standard InChI is InChI=1S/C17H26N4O2/c1-6-12-8-7-11(2)21-15(12)19-13(9-17(3,4)5)16(21)18-10-14(22)20-23/h7-8,18,23H,6,9-10H2,1-5H3,(H,20,22). The van der Waals surface area contributed by atoms with Crippen LogP contribution in [0.15, 0.2) is 12.1 Å². The van der Waals surface area contributed by atoms with Crippen LogP contribution in [0.1, 0.15) is 44.6 Å². The van der Waals surface area contributed by atoms with Crippen LogP contribution in [0.4, 0.5) is 5.82 Å². The van der Waals surface area contributed by atoms with Crippen LogP contribution in [-0.4, -0.2) is 27.0 Å². The number of nitrogens with one attached hydrogen (secondary N) is 2. The summed E-state index contributed by atoms with van der Waals surface area (Å²) >= 11 is 0. The topological polar surface area (TPSA) is 78.7 Å². The summed E-state index contributed by atoms with van der Waals surface area (Å²) < 4.78 is 2.06. The van der Waals surface area contributed by atoms with Crippen LogP contribution in [0.5, 0.6) is 0 Å². The summed E-state index contributed by atoms with van der Waals surface area (Å²) in [5, 5.41) is 11.8. The molecular weight excluding hydrogens is 292 g/mol. The Labute approximate surface area is 136 Å². The lowest BCUT2D eigenvalue weighted by atomic mass is 9.90. The van der Waals surface area contributed by atoms with Gasteiger partial charge in [0.2, 0.25) is 0 Å². The average Bonchev–Trinajstić information content (AvgIpc) is 2.82. The van der Waals surface area contributed by atoms with Gasteiger partial charge in [-0.05, 0) is 36.8 Å². The van der Waals surface area contributed by atoms with Gasteiger partial charge in [0.05, 0.1) is 12.2 Å². The monoisotopic (exact) mass is 318 g/mol. The van der Waals surface area contributed by atoms with Gasteiger partial charge >= 0.3 is 0 Å². The predicted molar refractivity (Wildman–Crippen MR) is 90.9 cm³/mol. The molecule has 23 heavy (non-hydrogen) atoms. The lowest BCUT2D eigenvalue weighted by molar-refractivity contribution is -0.127. The van der Waals surface area contributed by atoms with Gasteiger partial charge < -0.3 is 5.32 Å². The highest BCUT2D eigenvalue weighted by Gasteiger charge is 2.21. The third kappa shape index (κ3) is 3.82. The summed E-state index contributed by atoms with van der Waals surface area (Å²) in [6.45, 7) is 10.6. The highest BCUT2D eigenvalue weighted by Crippen LogP contribution is 2.29. The smallest absolute Gasteiger partial charge is 0.262 e. The molecule has 3 N–H and O–H groups in total. The van der Waals surface area contributed by atoms with Gasteiger partial charge in [0.25, 0.3) is 5.91 Å². The van der Waals surface area contributed by atoms with Gasteiger partial charge in [0.15, 0.2) is 0 Å². The van der Waals surface area contributed by atoms with E-state index in [0.717, 1.165) is 35.7 Å². The van der Waals surface area contributed by atoms with Gasteiger partial charge in [0, 0.05) is 5.69 Å². The van der Waals surface area contributed by atoms with Gasteiger partial charge in [-0.3, -0.25) is 14.4 Å². The zero-order valence-electron chi connectivity index (χ0n) is 14.5. The van der Waals surface area contributed by atoms with E-state index in [4.69, 9.17) is 10.2 Å². The summed E-state index contributed by atoms with van der Waals surface area (Å²) in [5.74, 6) is 0.345. The first-order valence-electron chi connectivity index (χ1n) is 7.93. The number of fused-ring (bicyclic) bond motifs is 1. The van der Waals surface area contributed by atoms with E-state index in [2.05, 4.69) is 49.5 Å². The van der Waals surface area contributed by atoms with E-state index in [-0.39, 0.29) is 12.0 Å². The number of carbonyl (C=O) groups is 1. The molecule has 2 heterocycles. The largest absolute Gasteiger partial charge is 0.360 e. The zero-order chi connectivity index (χ0) is 17.2. The Hall–Kier alpha value is -2.08. The molecular formula is C17H26N4O2. The van der Waals surface area contributed by atoms with E-state index in [0.29, 0.717) is 0 Å². The molecule has 6 nitrogen and oxygen atoms in total. The van der Waals surface area contributed by atoms with Gasteiger partial charge in [-0.1, -0.05) is 33.8 Å². The van der Waals surface area contributed by atoms with Crippen LogP contribution in [0.2, 0.25) is 0 Å². The quantitative estimate of drug-likeness (QED) is 0.585. The van der Waals surface area contributed by atoms with Crippen molar-refractivity contribution in [2.24, 2.45) is 5.41 Å². The Morgan fingerprint density at radius 3 is 2.61 bits per heavy atom. The number of carbonyl (C=O) groups excluding carboxylic acids is 1. The molecule has 0 atom stereocenters. The van der Waals surface area contributed by atoms with Crippen molar-refractivity contribution in [3.8, 4) is 0 Å². The number of hydroxylamine groups is 1. The van der Waals surface area contributed by atoms with Gasteiger partial charge in [-0.25, -0.2) is 10.5 Å². The number of rotatable bonds is 5. The van der Waals surface area contributed by atoms with Crippen molar-refractivity contribution >= 4 is 17.4 Å². The molecule has 6 heteroatoms. The highest BCUT2D eigenvalue weighted by molar-refractivity contribution is 5.79. The van der Waals surface area contributed by atoms with Crippen LogP contribution in [0.25, 0.3) is 5.65 Å². The lowest BCUT2D eigenvalue weighted by Gasteiger charge is -2.18. The molecule has 2 aromatic heterocycles. The number of hydrogen-bond acceptors (Lipinski definition) is 4. The molecule has 0 aliphatic rings. The first kappa shape index (κ1) is 17.3. The SMILES string of the molecule is CCc1ccc(C)n2c(NCC(=O)NO)c(CC(C)(C)C)nc12. The molecule has 2 rings (SSSR count). The maximum atomic E-state index is 11.4. The summed E-state index contributed by atoms with van der Waals surface area (Å²) in [4.78, 5) is 16.2. The number of aromatic nitrogens is 2. The van der Waals surface area contributed by atoms with Gasteiger partial charge in [-0.15, -0.1) is 0 Å². The van der Waals surface area contributed by atoms with E-state index in [9.17, 15) is 4.79 Å². The van der Waals surface area contributed by atoms with E-state index in [1.54, 1.807) is 5.48 Å². The van der Waals surface area contributed by atoms with E-state index in [1.165, 1.54) is 5.56 Å². The van der Waals surface area contributed by atoms with Crippen molar-refractivity contribution in [1.29, 1.82) is 0 Å². The minimum absolute atomic E-state index is 0.00275. The average molecular weight is 318 g/mol. The predicted octanol–water partition coefficient (Wildman–Crippen LogP) is 2.71. The van der Waals surface area contributed by atoms with Crippen molar-refractivity contribution in [3.05, 3.63) is 29.1 Å². The number of aryl methyl sites for hydroxylation is 2. The molecule has 0 aliphatic carbocycles. The maximum Gasteiger partial charge on any atom is 0.262 e. The first-order chi connectivity index (χ1) is 10.8. The molecule has 0 radical (unpaired) electrons. The maximum absolute atomic E-state index is 11.4. The number of anilines is 1. The Bertz CT molecular complexity index is 713. The first-order valence-corrected chi connectivity index (χ1v) is 7.93. The van der Waals surface area contributed by atoms with Crippen molar-refractivity contribution < 1.29 is 10.0 Å². The second kappa shape index (κ2) is 6.58. The third-order valence-electron chi connectivity index (χ3n) is 3.74. The minimum atomic E-state index is -0.481. The Morgan fingerprint density at radius 1 is 1.35 bits per heavy atom. The Balaban J connectivity index is 2.57. The molecule has 0 saturated heterocycles. The number of nitrogens with zero attached hydrogens (tertiary/aromatic N) is 2. The minimum Gasteiger partial charge on any atom is -0.360 e. The molecule has 2 aromatic rings. The summed E-state index contributed by atoms with van der Waals surface area (Å²) in [6.07, 6.45) is 1.69. The second-order valence-corrected chi connectivity index (χ2v) is 7.05. The van der Waals surface area contributed by atoms with Crippen molar-refractivity contribution in [3.63, 3.8) is 0 Å². The fraction of sp³-hybridized carbons (Fsp3) is 0.529. The summed E-state index contributed by atoms with van der Waals surface area (Å²) in [6, 6.07) is 4.16. The Morgan fingerprint density at radius 2 is 2.04 bits per heavy atom. The number of pyridine rings is 1. The van der Waals surface area contributed by atoms with Crippen LogP contribution in [-0.2, 0) is 17.6 Å². The van der Waals surface area contributed by atoms with Crippen LogP contribution < -0.4 is 10.8 Å². The Kier molecular flexibility index (Phi) is 4.94. The van der Waals surface area contributed by atoms with E-state index >= 15 is 0 Å². The number of amides is 1. The van der Waals surface area contributed by atoms with Gasteiger partial charge in [-0.2, -0.15) is 0 Å².